The van der Waals surface area contributed by atoms with Crippen LogP contribution in [0.5, 0.6) is 0 Å². The van der Waals surface area contributed by atoms with Gasteiger partial charge in [0.1, 0.15) is 12.2 Å². The van der Waals surface area contributed by atoms with Gasteiger partial charge >= 0.3 is 11.9 Å². The second-order valence-corrected chi connectivity index (χ2v) is 16.5. The lowest BCUT2D eigenvalue weighted by molar-refractivity contribution is -0.264. The van der Waals surface area contributed by atoms with Crippen molar-refractivity contribution < 1.29 is 19.1 Å². The summed E-state index contributed by atoms with van der Waals surface area (Å²) in [6, 6.07) is 0. The SMILES string of the molecule is CC(=O)OC1CC2C3=CC(C)(C)CCC3(C)CCC2(C)C2(C)CCC3C(C)(C)C(OC(C)=O)CCC3(C)C12. The molecule has 0 aromatic heterocycles. The lowest BCUT2D eigenvalue weighted by Gasteiger charge is -2.73. The van der Waals surface area contributed by atoms with E-state index in [4.69, 9.17) is 9.47 Å². The summed E-state index contributed by atoms with van der Waals surface area (Å²) in [5, 5.41) is 0. The summed E-state index contributed by atoms with van der Waals surface area (Å²) in [6.07, 6.45) is 12.7. The standard InChI is InChI=1S/C34H54O4/c1-21(35)37-25-19-23-24-20-29(3,4)15-16-31(24,7)17-18-33(23,9)34(10)14-11-26-30(5,6)27(38-22(2)36)12-13-32(26,8)28(25)34/h20,23,25-28H,11-19H2,1-10H3. The lowest BCUT2D eigenvalue weighted by atomic mass is 9.32. The zero-order valence-electron chi connectivity index (χ0n) is 26.0. The van der Waals surface area contributed by atoms with Gasteiger partial charge in [-0.05, 0) is 96.7 Å². The fraction of sp³-hybridized carbons (Fsp3) is 0.882. The molecule has 0 saturated heterocycles. The van der Waals surface area contributed by atoms with Crippen molar-refractivity contribution in [2.45, 2.75) is 139 Å². The van der Waals surface area contributed by atoms with Crippen LogP contribution in [0.2, 0.25) is 0 Å². The number of carbonyl (C=O) groups is 2. The molecule has 5 aliphatic carbocycles. The van der Waals surface area contributed by atoms with Crippen molar-refractivity contribution in [3.05, 3.63) is 11.6 Å². The predicted octanol–water partition coefficient (Wildman–Crippen LogP) is 8.28. The summed E-state index contributed by atoms with van der Waals surface area (Å²) in [7, 11) is 0. The van der Waals surface area contributed by atoms with Gasteiger partial charge in [0.25, 0.3) is 0 Å². The molecule has 9 unspecified atom stereocenters. The van der Waals surface area contributed by atoms with Crippen molar-refractivity contribution in [2.24, 2.45) is 50.2 Å². The number of ether oxygens (including phenoxy) is 2. The van der Waals surface area contributed by atoms with Gasteiger partial charge in [-0.15, -0.1) is 0 Å². The molecule has 38 heavy (non-hydrogen) atoms. The minimum absolute atomic E-state index is 0.0300. The molecule has 0 amide bonds. The quantitative estimate of drug-likeness (QED) is 0.268. The number of hydrogen-bond donors (Lipinski definition) is 0. The zero-order valence-corrected chi connectivity index (χ0v) is 26.0. The third kappa shape index (κ3) is 3.88. The van der Waals surface area contributed by atoms with Crippen LogP contribution in [0, 0.1) is 50.2 Å². The van der Waals surface area contributed by atoms with Crippen molar-refractivity contribution in [3.63, 3.8) is 0 Å². The average molecular weight is 527 g/mol. The molecule has 9 atom stereocenters. The summed E-state index contributed by atoms with van der Waals surface area (Å²) in [6.45, 7) is 22.8. The van der Waals surface area contributed by atoms with Crippen molar-refractivity contribution >= 4 is 11.9 Å². The van der Waals surface area contributed by atoms with Crippen LogP contribution in [0.4, 0.5) is 0 Å². The van der Waals surface area contributed by atoms with Gasteiger partial charge in [-0.25, -0.2) is 0 Å². The molecular formula is C34H54O4. The smallest absolute Gasteiger partial charge is 0.302 e. The highest BCUT2D eigenvalue weighted by atomic mass is 16.5. The van der Waals surface area contributed by atoms with E-state index in [0.717, 1.165) is 32.1 Å². The molecule has 0 aromatic carbocycles. The third-order valence-corrected chi connectivity index (χ3v) is 13.5. The Morgan fingerprint density at radius 1 is 0.763 bits per heavy atom. The minimum Gasteiger partial charge on any atom is -0.462 e. The third-order valence-electron chi connectivity index (χ3n) is 13.5. The highest BCUT2D eigenvalue weighted by molar-refractivity contribution is 5.66. The number of hydrogen-bond acceptors (Lipinski definition) is 4. The van der Waals surface area contributed by atoms with Crippen LogP contribution in [0.1, 0.15) is 127 Å². The van der Waals surface area contributed by atoms with Gasteiger partial charge in [0.2, 0.25) is 0 Å². The Bertz CT molecular complexity index is 1040. The first-order valence-electron chi connectivity index (χ1n) is 15.5. The molecule has 0 bridgehead atoms. The fourth-order valence-electron chi connectivity index (χ4n) is 11.4. The molecule has 4 saturated carbocycles. The van der Waals surface area contributed by atoms with Gasteiger partial charge in [0, 0.05) is 25.2 Å². The highest BCUT2D eigenvalue weighted by Gasteiger charge is 2.71. The predicted molar refractivity (Wildman–Crippen MR) is 151 cm³/mol. The number of allylic oxidation sites excluding steroid dienone is 2. The maximum absolute atomic E-state index is 12.7. The minimum atomic E-state index is -0.174. The lowest BCUT2D eigenvalue weighted by Crippen LogP contribution is -2.69. The van der Waals surface area contributed by atoms with E-state index in [9.17, 15) is 9.59 Å². The number of esters is 2. The van der Waals surface area contributed by atoms with E-state index in [1.807, 2.05) is 0 Å². The number of rotatable bonds is 2. The van der Waals surface area contributed by atoms with Crippen LogP contribution in [-0.4, -0.2) is 24.1 Å². The van der Waals surface area contributed by atoms with Gasteiger partial charge in [0.15, 0.2) is 0 Å². The molecule has 4 nitrogen and oxygen atoms in total. The van der Waals surface area contributed by atoms with Crippen molar-refractivity contribution in [2.75, 3.05) is 0 Å². The molecule has 214 valence electrons. The van der Waals surface area contributed by atoms with E-state index < -0.39 is 0 Å². The molecule has 5 aliphatic rings. The number of fused-ring (bicyclic) bond motifs is 7. The average Bonchev–Trinajstić information content (AvgIpc) is 2.77. The molecule has 4 fully saturated rings. The van der Waals surface area contributed by atoms with E-state index >= 15 is 0 Å². The first-order chi connectivity index (χ1) is 17.4. The summed E-state index contributed by atoms with van der Waals surface area (Å²) >= 11 is 0. The van der Waals surface area contributed by atoms with Gasteiger partial charge in [0.05, 0.1) is 0 Å². The van der Waals surface area contributed by atoms with Crippen LogP contribution in [0.3, 0.4) is 0 Å². The first kappa shape index (κ1) is 28.2. The molecule has 0 aliphatic heterocycles. The Hall–Kier alpha value is -1.32. The topological polar surface area (TPSA) is 52.6 Å². The van der Waals surface area contributed by atoms with Crippen LogP contribution in [0.25, 0.3) is 0 Å². The van der Waals surface area contributed by atoms with E-state index in [0.29, 0.717) is 17.8 Å². The van der Waals surface area contributed by atoms with E-state index in [2.05, 4.69) is 61.5 Å². The molecule has 4 heteroatoms. The van der Waals surface area contributed by atoms with Crippen LogP contribution in [0.15, 0.2) is 11.6 Å². The Morgan fingerprint density at radius 3 is 2.03 bits per heavy atom. The molecule has 0 N–H and O–H groups in total. The van der Waals surface area contributed by atoms with Crippen LogP contribution >= 0.6 is 0 Å². The molecule has 5 rings (SSSR count). The van der Waals surface area contributed by atoms with Gasteiger partial charge < -0.3 is 9.47 Å². The highest BCUT2D eigenvalue weighted by Crippen LogP contribution is 2.76. The van der Waals surface area contributed by atoms with Gasteiger partial charge in [-0.2, -0.15) is 0 Å². The van der Waals surface area contributed by atoms with Crippen LogP contribution < -0.4 is 0 Å². The summed E-state index contributed by atoms with van der Waals surface area (Å²) in [5.74, 6) is 0.865. The van der Waals surface area contributed by atoms with E-state index in [-0.39, 0.29) is 56.6 Å². The Kier molecular flexibility index (Phi) is 6.38. The number of carbonyl (C=O) groups excluding carboxylic acids is 2. The normalized spacial score (nSPS) is 48.8. The van der Waals surface area contributed by atoms with Crippen LogP contribution in [-0.2, 0) is 19.1 Å². The van der Waals surface area contributed by atoms with E-state index in [1.165, 1.54) is 25.7 Å². The summed E-state index contributed by atoms with van der Waals surface area (Å²) in [4.78, 5) is 24.6. The maximum Gasteiger partial charge on any atom is 0.302 e. The van der Waals surface area contributed by atoms with Crippen molar-refractivity contribution in [1.82, 2.24) is 0 Å². The Morgan fingerprint density at radius 2 is 1.39 bits per heavy atom. The second-order valence-electron chi connectivity index (χ2n) is 16.5. The zero-order chi connectivity index (χ0) is 28.1. The fourth-order valence-corrected chi connectivity index (χ4v) is 11.4. The molecule has 0 heterocycles. The van der Waals surface area contributed by atoms with E-state index in [1.54, 1.807) is 19.4 Å². The first-order valence-corrected chi connectivity index (χ1v) is 15.5. The largest absolute Gasteiger partial charge is 0.462 e. The Labute approximate surface area is 232 Å². The molecule has 0 aromatic rings. The second kappa shape index (κ2) is 8.59. The maximum atomic E-state index is 12.7. The monoisotopic (exact) mass is 526 g/mol. The van der Waals surface area contributed by atoms with Crippen molar-refractivity contribution in [1.29, 1.82) is 0 Å². The molecule has 0 spiro atoms. The van der Waals surface area contributed by atoms with Gasteiger partial charge in [-0.3, -0.25) is 9.59 Å². The summed E-state index contributed by atoms with van der Waals surface area (Å²) in [5.41, 5.74) is 2.35. The Balaban J connectivity index is 1.62. The van der Waals surface area contributed by atoms with Gasteiger partial charge in [-0.1, -0.05) is 67.0 Å². The summed E-state index contributed by atoms with van der Waals surface area (Å²) < 4.78 is 12.3. The molecule has 0 radical (unpaired) electrons. The van der Waals surface area contributed by atoms with Crippen molar-refractivity contribution in [3.8, 4) is 0 Å². The molecular weight excluding hydrogens is 472 g/mol.